The molecule has 0 spiro atoms. The van der Waals surface area contributed by atoms with Crippen LogP contribution in [0.5, 0.6) is 17.2 Å². The summed E-state index contributed by atoms with van der Waals surface area (Å²) in [5.41, 5.74) is 2.17. The molecule has 1 aliphatic heterocycles. The van der Waals surface area contributed by atoms with Crippen LogP contribution in [0.15, 0.2) is 36.7 Å². The number of anilines is 1. The Morgan fingerprint density at radius 3 is 2.12 bits per heavy atom. The van der Waals surface area contributed by atoms with Gasteiger partial charge in [0.25, 0.3) is 0 Å². The molecule has 0 bridgehead atoms. The van der Waals surface area contributed by atoms with Gasteiger partial charge >= 0.3 is 0 Å². The summed E-state index contributed by atoms with van der Waals surface area (Å²) >= 11 is 0. The molecule has 0 amide bonds. The zero-order valence-corrected chi connectivity index (χ0v) is 14.2. The fraction of sp³-hybridized carbons (Fsp3) is 0.333. The highest BCUT2D eigenvalue weighted by atomic mass is 16.5. The van der Waals surface area contributed by atoms with Crippen LogP contribution in [0.2, 0.25) is 0 Å². The largest absolute Gasteiger partial charge is 0.496 e. The summed E-state index contributed by atoms with van der Waals surface area (Å²) < 4.78 is 16.4. The molecule has 0 unspecified atom stereocenters. The van der Waals surface area contributed by atoms with Crippen molar-refractivity contribution in [1.82, 2.24) is 9.97 Å². The smallest absolute Gasteiger partial charge is 0.225 e. The van der Waals surface area contributed by atoms with E-state index in [0.29, 0.717) is 5.75 Å². The molecule has 1 aromatic heterocycles. The lowest BCUT2D eigenvalue weighted by atomic mass is 9.97. The zero-order chi connectivity index (χ0) is 16.9. The average molecular weight is 327 g/mol. The van der Waals surface area contributed by atoms with Crippen molar-refractivity contribution in [2.75, 3.05) is 39.3 Å². The highest BCUT2D eigenvalue weighted by Gasteiger charge is 2.21. The van der Waals surface area contributed by atoms with Gasteiger partial charge in [-0.25, -0.2) is 9.97 Å². The van der Waals surface area contributed by atoms with Crippen LogP contribution in [-0.4, -0.2) is 44.4 Å². The Balaban J connectivity index is 1.91. The lowest BCUT2D eigenvalue weighted by molar-refractivity contribution is 0.373. The molecule has 1 aromatic carbocycles. The molecule has 24 heavy (non-hydrogen) atoms. The molecular weight excluding hydrogens is 306 g/mol. The van der Waals surface area contributed by atoms with Crippen molar-refractivity contribution in [3.05, 3.63) is 42.2 Å². The number of methoxy groups -OCH3 is 3. The van der Waals surface area contributed by atoms with Crippen molar-refractivity contribution in [2.24, 2.45) is 0 Å². The molecule has 0 N–H and O–H groups in total. The first kappa shape index (κ1) is 16.1. The second kappa shape index (κ2) is 7.21. The third-order valence-corrected chi connectivity index (χ3v) is 4.08. The van der Waals surface area contributed by atoms with Gasteiger partial charge in [0, 0.05) is 37.6 Å². The molecule has 126 valence electrons. The lowest BCUT2D eigenvalue weighted by Crippen LogP contribution is -2.29. The molecule has 2 heterocycles. The minimum absolute atomic E-state index is 0.711. The standard InChI is InChI=1S/C18H21N3O3/c1-22-14-11-15(23-2)17(16(12-14)24-3)13-5-9-21(10-6-13)18-19-7-4-8-20-18/h4-5,7-8,11-12H,6,9-10H2,1-3H3. The maximum Gasteiger partial charge on any atom is 0.225 e. The Kier molecular flexibility index (Phi) is 4.84. The van der Waals surface area contributed by atoms with E-state index >= 15 is 0 Å². The maximum absolute atomic E-state index is 5.56. The third kappa shape index (κ3) is 3.13. The van der Waals surface area contributed by atoms with E-state index in [-0.39, 0.29) is 0 Å². The maximum atomic E-state index is 5.56. The molecule has 0 aliphatic carbocycles. The van der Waals surface area contributed by atoms with Crippen LogP contribution in [0.3, 0.4) is 0 Å². The van der Waals surface area contributed by atoms with Crippen molar-refractivity contribution < 1.29 is 14.2 Å². The predicted octanol–water partition coefficient (Wildman–Crippen LogP) is 2.80. The molecule has 6 heteroatoms. The van der Waals surface area contributed by atoms with E-state index in [1.165, 1.54) is 5.57 Å². The van der Waals surface area contributed by atoms with E-state index < -0.39 is 0 Å². The molecule has 0 fully saturated rings. The summed E-state index contributed by atoms with van der Waals surface area (Å²) in [7, 11) is 4.95. The Morgan fingerprint density at radius 2 is 1.62 bits per heavy atom. The van der Waals surface area contributed by atoms with E-state index in [1.807, 2.05) is 18.2 Å². The van der Waals surface area contributed by atoms with E-state index in [1.54, 1.807) is 33.7 Å². The Hall–Kier alpha value is -2.76. The number of hydrogen-bond donors (Lipinski definition) is 0. The fourth-order valence-electron chi connectivity index (χ4n) is 2.85. The van der Waals surface area contributed by atoms with Crippen LogP contribution in [-0.2, 0) is 0 Å². The van der Waals surface area contributed by atoms with Crippen LogP contribution in [0.1, 0.15) is 12.0 Å². The first-order chi connectivity index (χ1) is 11.8. The van der Waals surface area contributed by atoms with Gasteiger partial charge < -0.3 is 19.1 Å². The van der Waals surface area contributed by atoms with Gasteiger partial charge in [0.1, 0.15) is 17.2 Å². The fourth-order valence-corrected chi connectivity index (χ4v) is 2.85. The number of ether oxygens (including phenoxy) is 3. The number of nitrogens with zero attached hydrogens (tertiary/aromatic N) is 3. The second-order valence-corrected chi connectivity index (χ2v) is 5.38. The van der Waals surface area contributed by atoms with E-state index in [2.05, 4.69) is 20.9 Å². The molecule has 6 nitrogen and oxygen atoms in total. The normalized spacial score (nSPS) is 14.1. The van der Waals surface area contributed by atoms with Crippen LogP contribution in [0, 0.1) is 0 Å². The third-order valence-electron chi connectivity index (χ3n) is 4.08. The molecule has 2 aromatic rings. The monoisotopic (exact) mass is 327 g/mol. The van der Waals surface area contributed by atoms with Gasteiger partial charge in [-0.1, -0.05) is 6.08 Å². The van der Waals surface area contributed by atoms with Gasteiger partial charge in [-0.05, 0) is 18.1 Å². The molecule has 1 aliphatic rings. The number of aromatic nitrogens is 2. The van der Waals surface area contributed by atoms with Gasteiger partial charge in [-0.3, -0.25) is 0 Å². The summed E-state index contributed by atoms with van der Waals surface area (Å²) in [4.78, 5) is 10.8. The highest BCUT2D eigenvalue weighted by molar-refractivity contribution is 5.78. The first-order valence-electron chi connectivity index (χ1n) is 7.78. The van der Waals surface area contributed by atoms with Gasteiger partial charge in [-0.2, -0.15) is 0 Å². The average Bonchev–Trinajstić information content (AvgIpc) is 2.67. The SMILES string of the molecule is COc1cc(OC)c(C2=CCN(c3ncccn3)CC2)c(OC)c1. The summed E-state index contributed by atoms with van der Waals surface area (Å²) in [5, 5.41) is 0. The molecule has 0 saturated carbocycles. The summed E-state index contributed by atoms with van der Waals surface area (Å²) in [6.45, 7) is 1.59. The van der Waals surface area contributed by atoms with Crippen molar-refractivity contribution in [3.63, 3.8) is 0 Å². The Morgan fingerprint density at radius 1 is 0.958 bits per heavy atom. The first-order valence-corrected chi connectivity index (χ1v) is 7.78. The predicted molar refractivity (Wildman–Crippen MR) is 92.9 cm³/mol. The highest BCUT2D eigenvalue weighted by Crippen LogP contribution is 2.40. The number of hydrogen-bond acceptors (Lipinski definition) is 6. The van der Waals surface area contributed by atoms with Crippen molar-refractivity contribution in [1.29, 1.82) is 0 Å². The van der Waals surface area contributed by atoms with Crippen molar-refractivity contribution in [3.8, 4) is 17.2 Å². The van der Waals surface area contributed by atoms with Gasteiger partial charge in [-0.15, -0.1) is 0 Å². The molecule has 0 atom stereocenters. The van der Waals surface area contributed by atoms with Crippen molar-refractivity contribution in [2.45, 2.75) is 6.42 Å². The molecular formula is C18H21N3O3. The number of rotatable bonds is 5. The summed E-state index contributed by atoms with van der Waals surface area (Å²) in [6, 6.07) is 5.58. The van der Waals surface area contributed by atoms with Crippen LogP contribution >= 0.6 is 0 Å². The quantitative estimate of drug-likeness (QED) is 0.842. The van der Waals surface area contributed by atoms with Gasteiger partial charge in [0.05, 0.1) is 26.9 Å². The minimum atomic E-state index is 0.711. The topological polar surface area (TPSA) is 56.7 Å². The second-order valence-electron chi connectivity index (χ2n) is 5.38. The van der Waals surface area contributed by atoms with Crippen molar-refractivity contribution >= 4 is 11.5 Å². The summed E-state index contributed by atoms with van der Waals surface area (Å²) in [5.74, 6) is 2.97. The van der Waals surface area contributed by atoms with Crippen LogP contribution < -0.4 is 19.1 Å². The molecule has 0 saturated heterocycles. The molecule has 0 radical (unpaired) electrons. The van der Waals surface area contributed by atoms with Crippen LogP contribution in [0.25, 0.3) is 5.57 Å². The molecule has 3 rings (SSSR count). The lowest BCUT2D eigenvalue weighted by Gasteiger charge is -2.27. The Labute approximate surface area is 141 Å². The number of benzene rings is 1. The van der Waals surface area contributed by atoms with Gasteiger partial charge in [0.2, 0.25) is 5.95 Å². The minimum Gasteiger partial charge on any atom is -0.496 e. The van der Waals surface area contributed by atoms with E-state index in [9.17, 15) is 0 Å². The van der Waals surface area contributed by atoms with Crippen LogP contribution in [0.4, 0.5) is 5.95 Å². The Bertz CT molecular complexity index is 707. The zero-order valence-electron chi connectivity index (χ0n) is 14.2. The van der Waals surface area contributed by atoms with E-state index in [4.69, 9.17) is 14.2 Å². The van der Waals surface area contributed by atoms with Gasteiger partial charge in [0.15, 0.2) is 0 Å². The summed E-state index contributed by atoms with van der Waals surface area (Å²) in [6.07, 6.45) is 6.55. The van der Waals surface area contributed by atoms with E-state index in [0.717, 1.165) is 42.5 Å².